The summed E-state index contributed by atoms with van der Waals surface area (Å²) in [7, 11) is -0.485. The third-order valence-corrected chi connectivity index (χ3v) is 6.47. The van der Waals surface area contributed by atoms with Crippen LogP contribution in [0.15, 0.2) is 0 Å². The summed E-state index contributed by atoms with van der Waals surface area (Å²) in [6.07, 6.45) is 28.2. The van der Waals surface area contributed by atoms with Crippen molar-refractivity contribution in [1.29, 1.82) is 0 Å². The lowest BCUT2D eigenvalue weighted by molar-refractivity contribution is -0.121. The summed E-state index contributed by atoms with van der Waals surface area (Å²) in [5, 5.41) is 3.07. The van der Waals surface area contributed by atoms with Crippen LogP contribution in [-0.4, -0.2) is 37.0 Å². The van der Waals surface area contributed by atoms with Crippen molar-refractivity contribution in [2.45, 2.75) is 110 Å². The van der Waals surface area contributed by atoms with Gasteiger partial charge in [-0.1, -0.05) is 96.8 Å². The molecule has 0 radical (unpaired) electrons. The van der Waals surface area contributed by atoms with Gasteiger partial charge in [0.1, 0.15) is 0 Å². The summed E-state index contributed by atoms with van der Waals surface area (Å²) in [6.45, 7) is 3.14. The van der Waals surface area contributed by atoms with E-state index < -0.39 is 10.0 Å². The molecule has 0 saturated heterocycles. The topological polar surface area (TPSA) is 29.1 Å². The number of rotatable bonds is 19. The highest BCUT2D eigenvalue weighted by atomic mass is 32.3. The lowest BCUT2D eigenvalue weighted by Gasteiger charge is -2.24. The predicted molar refractivity (Wildman–Crippen MR) is 123 cm³/mol. The minimum atomic E-state index is -0.485. The van der Waals surface area contributed by atoms with E-state index in [-0.39, 0.29) is 5.91 Å². The quantitative estimate of drug-likeness (QED) is 0.236. The van der Waals surface area contributed by atoms with Crippen LogP contribution in [0.1, 0.15) is 110 Å². The first-order chi connectivity index (χ1) is 12.5. The molecule has 0 atom stereocenters. The van der Waals surface area contributed by atoms with Gasteiger partial charge in [-0.15, -0.1) is 0 Å². The molecule has 1 N–H and O–H groups in total. The number of unbranched alkanes of at least 4 members (excludes halogenated alkanes) is 14. The van der Waals surface area contributed by atoms with Crippen molar-refractivity contribution in [1.82, 2.24) is 5.32 Å². The van der Waals surface area contributed by atoms with Crippen LogP contribution in [-0.2, 0) is 4.79 Å². The van der Waals surface area contributed by atoms with E-state index in [4.69, 9.17) is 0 Å². The zero-order chi connectivity index (χ0) is 19.5. The van der Waals surface area contributed by atoms with Gasteiger partial charge in [0.15, 0.2) is 0 Å². The molecule has 0 rings (SSSR count). The highest BCUT2D eigenvalue weighted by molar-refractivity contribution is 8.32. The maximum Gasteiger partial charge on any atom is 0.220 e. The molecule has 0 aromatic heterocycles. The van der Waals surface area contributed by atoms with Crippen molar-refractivity contribution in [2.24, 2.45) is 0 Å². The Morgan fingerprint density at radius 2 is 1.04 bits per heavy atom. The van der Waals surface area contributed by atoms with Crippen molar-refractivity contribution < 1.29 is 4.79 Å². The fourth-order valence-corrected chi connectivity index (χ4v) is 3.96. The molecule has 2 nitrogen and oxygen atoms in total. The second kappa shape index (κ2) is 18.2. The number of carbonyl (C=O) groups is 1. The molecule has 0 aromatic rings. The van der Waals surface area contributed by atoms with Crippen LogP contribution < -0.4 is 5.32 Å². The Labute approximate surface area is 167 Å². The fourth-order valence-electron chi connectivity index (χ4n) is 3.24. The average Bonchev–Trinajstić information content (AvgIpc) is 2.57. The van der Waals surface area contributed by atoms with Crippen LogP contribution in [0.5, 0.6) is 0 Å². The van der Waals surface area contributed by atoms with Crippen LogP contribution in [0.4, 0.5) is 0 Å². The minimum Gasteiger partial charge on any atom is -0.355 e. The number of hydrogen-bond acceptors (Lipinski definition) is 1. The maximum absolute atomic E-state index is 11.8. The van der Waals surface area contributed by atoms with Crippen molar-refractivity contribution in [3.05, 3.63) is 0 Å². The Morgan fingerprint density at radius 1 is 0.654 bits per heavy atom. The molecule has 158 valence electrons. The first-order valence-corrected chi connectivity index (χ1v) is 14.4. The summed E-state index contributed by atoms with van der Waals surface area (Å²) in [5.74, 6) is 1.39. The molecule has 0 aliphatic rings. The van der Waals surface area contributed by atoms with Crippen LogP contribution in [0.25, 0.3) is 0 Å². The Morgan fingerprint density at radius 3 is 1.42 bits per heavy atom. The van der Waals surface area contributed by atoms with Gasteiger partial charge in [0, 0.05) is 13.0 Å². The van der Waals surface area contributed by atoms with Crippen molar-refractivity contribution in [2.75, 3.05) is 31.1 Å². The van der Waals surface area contributed by atoms with Crippen LogP contribution >= 0.6 is 10.0 Å². The number of hydrogen-bond donors (Lipinski definition) is 1. The highest BCUT2D eigenvalue weighted by Crippen LogP contribution is 2.33. The Kier molecular flexibility index (Phi) is 18.1. The predicted octanol–water partition coefficient (Wildman–Crippen LogP) is 7.06. The van der Waals surface area contributed by atoms with Gasteiger partial charge in [0.05, 0.1) is 0 Å². The third kappa shape index (κ3) is 21.9. The molecule has 0 aliphatic heterocycles. The van der Waals surface area contributed by atoms with Crippen molar-refractivity contribution >= 4 is 15.9 Å². The number of nitrogens with one attached hydrogen (secondary N) is 1. The van der Waals surface area contributed by atoms with Gasteiger partial charge in [-0.3, -0.25) is 4.79 Å². The average molecular weight is 388 g/mol. The number of amides is 1. The molecule has 0 saturated carbocycles. The van der Waals surface area contributed by atoms with Crippen molar-refractivity contribution in [3.63, 3.8) is 0 Å². The van der Waals surface area contributed by atoms with E-state index in [2.05, 4.69) is 31.0 Å². The van der Waals surface area contributed by atoms with Crippen molar-refractivity contribution in [3.8, 4) is 0 Å². The second-order valence-corrected chi connectivity index (χ2v) is 13.4. The van der Waals surface area contributed by atoms with Gasteiger partial charge in [-0.25, -0.2) is 10.0 Å². The summed E-state index contributed by atoms with van der Waals surface area (Å²) >= 11 is 0. The maximum atomic E-state index is 11.8. The Balaban J connectivity index is 3.16. The fraction of sp³-hybridized carbons (Fsp3) is 0.957. The van der Waals surface area contributed by atoms with E-state index in [9.17, 15) is 4.79 Å². The first-order valence-electron chi connectivity index (χ1n) is 11.4. The molecular weight excluding hydrogens is 338 g/mol. The van der Waals surface area contributed by atoms with Crippen LogP contribution in [0.3, 0.4) is 0 Å². The normalized spacial score (nSPS) is 12.3. The SMILES string of the molecule is CCCCCCCCCCCCCCCCCC(=O)NCCS(C)(C)C. The van der Waals surface area contributed by atoms with E-state index in [0.29, 0.717) is 0 Å². The number of carbonyl (C=O) groups excluding carboxylic acids is 1. The summed E-state index contributed by atoms with van der Waals surface area (Å²) in [6, 6.07) is 0. The van der Waals surface area contributed by atoms with Gasteiger partial charge in [0.25, 0.3) is 0 Å². The van der Waals surface area contributed by atoms with Gasteiger partial charge in [0.2, 0.25) is 5.91 Å². The van der Waals surface area contributed by atoms with E-state index in [1.165, 1.54) is 89.9 Å². The zero-order valence-corrected chi connectivity index (χ0v) is 19.4. The van der Waals surface area contributed by atoms with Crippen LogP contribution in [0, 0.1) is 0 Å². The molecule has 0 unspecified atom stereocenters. The Hall–Kier alpha value is -0.180. The van der Waals surface area contributed by atoms with Gasteiger partial charge in [-0.2, -0.15) is 0 Å². The van der Waals surface area contributed by atoms with Gasteiger partial charge >= 0.3 is 0 Å². The summed E-state index contributed by atoms with van der Waals surface area (Å²) in [4.78, 5) is 11.8. The summed E-state index contributed by atoms with van der Waals surface area (Å²) in [5.41, 5.74) is 0. The lowest BCUT2D eigenvalue weighted by Crippen LogP contribution is -2.27. The standard InChI is InChI=1S/C23H49NOS/c1-5-6-7-8-9-10-11-12-13-14-15-16-17-18-19-20-23(25)24-21-22-26(2,3)4/h5-22H2,1-4H3,(H,24,25). The largest absolute Gasteiger partial charge is 0.355 e. The minimum absolute atomic E-state index is 0.253. The van der Waals surface area contributed by atoms with E-state index >= 15 is 0 Å². The van der Waals surface area contributed by atoms with Gasteiger partial charge in [-0.05, 0) is 30.9 Å². The molecule has 0 fully saturated rings. The monoisotopic (exact) mass is 387 g/mol. The molecule has 3 heteroatoms. The third-order valence-electron chi connectivity index (χ3n) is 5.04. The van der Waals surface area contributed by atoms with E-state index in [0.717, 1.165) is 25.1 Å². The van der Waals surface area contributed by atoms with Gasteiger partial charge < -0.3 is 5.32 Å². The zero-order valence-electron chi connectivity index (χ0n) is 18.5. The van der Waals surface area contributed by atoms with E-state index in [1.807, 2.05) is 0 Å². The van der Waals surface area contributed by atoms with Crippen LogP contribution in [0.2, 0.25) is 0 Å². The molecule has 0 spiro atoms. The Bertz CT molecular complexity index is 312. The lowest BCUT2D eigenvalue weighted by atomic mass is 10.0. The molecule has 0 aliphatic carbocycles. The first kappa shape index (κ1) is 25.8. The molecular formula is C23H49NOS. The molecule has 0 aromatic carbocycles. The molecule has 0 bridgehead atoms. The van der Waals surface area contributed by atoms with E-state index in [1.54, 1.807) is 0 Å². The molecule has 1 amide bonds. The highest BCUT2D eigenvalue weighted by Gasteiger charge is 2.05. The second-order valence-electron chi connectivity index (χ2n) is 8.84. The smallest absolute Gasteiger partial charge is 0.220 e. The molecule has 26 heavy (non-hydrogen) atoms. The molecule has 0 heterocycles. The summed E-state index contributed by atoms with van der Waals surface area (Å²) < 4.78 is 0.